The van der Waals surface area contributed by atoms with Gasteiger partial charge in [0.25, 0.3) is 0 Å². The number of hydrogen-bond acceptors (Lipinski definition) is 5. The summed E-state index contributed by atoms with van der Waals surface area (Å²) in [4.78, 5) is 8.25. The average molecular weight is 233 g/mol. The molecule has 1 aliphatic rings. The standard InChI is InChI=1S/C11H15N5O/c1-6-9-10(12)13-5-14-11(9)16(15-6)7-2-3-8(17)4-7/h5,7-8,17H,2-4H2,1H3,(H2,12,13,14). The summed E-state index contributed by atoms with van der Waals surface area (Å²) in [5, 5.41) is 14.9. The molecule has 1 aliphatic carbocycles. The summed E-state index contributed by atoms with van der Waals surface area (Å²) >= 11 is 0. The van der Waals surface area contributed by atoms with Crippen molar-refractivity contribution >= 4 is 16.9 Å². The van der Waals surface area contributed by atoms with Crippen LogP contribution in [0.5, 0.6) is 0 Å². The predicted octanol–water partition coefficient (Wildman–Crippen LogP) is 0.803. The second-order valence-electron chi connectivity index (χ2n) is 4.61. The van der Waals surface area contributed by atoms with E-state index in [1.54, 1.807) is 0 Å². The quantitative estimate of drug-likeness (QED) is 0.760. The van der Waals surface area contributed by atoms with E-state index in [0.29, 0.717) is 5.82 Å². The summed E-state index contributed by atoms with van der Waals surface area (Å²) in [5.41, 5.74) is 7.46. The Bertz CT molecular complexity index is 564. The molecule has 2 heterocycles. The smallest absolute Gasteiger partial charge is 0.163 e. The zero-order valence-corrected chi connectivity index (χ0v) is 9.67. The van der Waals surface area contributed by atoms with E-state index in [2.05, 4.69) is 15.1 Å². The number of aryl methyl sites for hydroxylation is 1. The maximum absolute atomic E-state index is 9.60. The zero-order valence-electron chi connectivity index (χ0n) is 9.67. The first-order valence-electron chi connectivity index (χ1n) is 5.80. The van der Waals surface area contributed by atoms with Gasteiger partial charge in [-0.05, 0) is 26.2 Å². The monoisotopic (exact) mass is 233 g/mol. The first-order valence-corrected chi connectivity index (χ1v) is 5.80. The fourth-order valence-electron chi connectivity index (χ4n) is 2.58. The lowest BCUT2D eigenvalue weighted by atomic mass is 10.2. The van der Waals surface area contributed by atoms with Gasteiger partial charge in [0.15, 0.2) is 5.65 Å². The molecule has 2 atom stereocenters. The molecule has 6 heteroatoms. The van der Waals surface area contributed by atoms with Gasteiger partial charge in [-0.2, -0.15) is 5.10 Å². The molecule has 0 bridgehead atoms. The lowest BCUT2D eigenvalue weighted by molar-refractivity contribution is 0.177. The second-order valence-corrected chi connectivity index (χ2v) is 4.61. The summed E-state index contributed by atoms with van der Waals surface area (Å²) < 4.78 is 1.89. The van der Waals surface area contributed by atoms with Crippen LogP contribution in [0.4, 0.5) is 5.82 Å². The first-order chi connectivity index (χ1) is 8.16. The van der Waals surface area contributed by atoms with Gasteiger partial charge in [0.1, 0.15) is 12.1 Å². The number of aliphatic hydroxyl groups is 1. The minimum absolute atomic E-state index is 0.218. The van der Waals surface area contributed by atoms with E-state index in [1.807, 2.05) is 11.6 Å². The molecule has 17 heavy (non-hydrogen) atoms. The van der Waals surface area contributed by atoms with Crippen molar-refractivity contribution in [2.24, 2.45) is 0 Å². The highest BCUT2D eigenvalue weighted by Crippen LogP contribution is 2.33. The Morgan fingerprint density at radius 1 is 1.41 bits per heavy atom. The maximum atomic E-state index is 9.60. The number of rotatable bonds is 1. The average Bonchev–Trinajstić information content (AvgIpc) is 2.84. The van der Waals surface area contributed by atoms with Gasteiger partial charge in [-0.1, -0.05) is 0 Å². The lowest BCUT2D eigenvalue weighted by Crippen LogP contribution is -2.09. The van der Waals surface area contributed by atoms with Gasteiger partial charge in [0.2, 0.25) is 0 Å². The van der Waals surface area contributed by atoms with Gasteiger partial charge in [0, 0.05) is 0 Å². The van der Waals surface area contributed by atoms with Gasteiger partial charge in [-0.3, -0.25) is 0 Å². The first kappa shape index (κ1) is 10.5. The number of anilines is 1. The van der Waals surface area contributed by atoms with Gasteiger partial charge >= 0.3 is 0 Å². The number of nitrogens with zero attached hydrogens (tertiary/aromatic N) is 4. The van der Waals surface area contributed by atoms with E-state index >= 15 is 0 Å². The van der Waals surface area contributed by atoms with Crippen LogP contribution in [-0.4, -0.2) is 31.0 Å². The van der Waals surface area contributed by atoms with Crippen LogP contribution >= 0.6 is 0 Å². The minimum Gasteiger partial charge on any atom is -0.393 e. The van der Waals surface area contributed by atoms with Gasteiger partial charge in [-0.25, -0.2) is 14.6 Å². The van der Waals surface area contributed by atoms with Gasteiger partial charge in [-0.15, -0.1) is 0 Å². The highest BCUT2D eigenvalue weighted by molar-refractivity contribution is 5.87. The number of nitrogens with two attached hydrogens (primary N) is 1. The van der Waals surface area contributed by atoms with E-state index in [1.165, 1.54) is 6.33 Å². The Morgan fingerprint density at radius 2 is 2.24 bits per heavy atom. The number of aliphatic hydroxyl groups excluding tert-OH is 1. The molecule has 0 radical (unpaired) electrons. The molecule has 0 aliphatic heterocycles. The summed E-state index contributed by atoms with van der Waals surface area (Å²) in [6, 6.07) is 0.218. The third-order valence-corrected chi connectivity index (χ3v) is 3.42. The van der Waals surface area contributed by atoms with Crippen molar-refractivity contribution in [3.05, 3.63) is 12.0 Å². The molecule has 2 unspecified atom stereocenters. The van der Waals surface area contributed by atoms with Crippen LogP contribution < -0.4 is 5.73 Å². The topological polar surface area (TPSA) is 89.8 Å². The molecule has 1 fully saturated rings. The van der Waals surface area contributed by atoms with Crippen LogP contribution in [0.25, 0.3) is 11.0 Å². The van der Waals surface area contributed by atoms with Crippen molar-refractivity contribution < 1.29 is 5.11 Å². The Morgan fingerprint density at radius 3 is 2.94 bits per heavy atom. The van der Waals surface area contributed by atoms with E-state index in [0.717, 1.165) is 36.0 Å². The van der Waals surface area contributed by atoms with Crippen LogP contribution in [0.1, 0.15) is 31.0 Å². The minimum atomic E-state index is -0.223. The second kappa shape index (κ2) is 3.66. The fourth-order valence-corrected chi connectivity index (χ4v) is 2.58. The molecule has 2 aromatic heterocycles. The predicted molar refractivity (Wildman–Crippen MR) is 63.4 cm³/mol. The van der Waals surface area contributed by atoms with Crippen LogP contribution in [0.3, 0.4) is 0 Å². The molecule has 3 N–H and O–H groups in total. The van der Waals surface area contributed by atoms with E-state index < -0.39 is 0 Å². The van der Waals surface area contributed by atoms with E-state index in [-0.39, 0.29) is 12.1 Å². The van der Waals surface area contributed by atoms with Crippen LogP contribution in [0.15, 0.2) is 6.33 Å². The summed E-state index contributed by atoms with van der Waals surface area (Å²) in [6.45, 7) is 1.91. The Hall–Kier alpha value is -1.69. The van der Waals surface area contributed by atoms with Crippen molar-refractivity contribution in [1.82, 2.24) is 19.7 Å². The molecule has 0 saturated heterocycles. The number of nitrogen functional groups attached to an aromatic ring is 1. The third kappa shape index (κ3) is 1.56. The number of fused-ring (bicyclic) bond motifs is 1. The molecule has 0 aromatic carbocycles. The van der Waals surface area contributed by atoms with Crippen LogP contribution in [0, 0.1) is 6.92 Å². The molecule has 0 amide bonds. The zero-order chi connectivity index (χ0) is 12.0. The normalized spacial score (nSPS) is 24.6. The molecule has 0 spiro atoms. The van der Waals surface area contributed by atoms with Crippen molar-refractivity contribution in [2.75, 3.05) is 5.73 Å². The largest absolute Gasteiger partial charge is 0.393 e. The number of hydrogen-bond donors (Lipinski definition) is 2. The Balaban J connectivity index is 2.14. The third-order valence-electron chi connectivity index (χ3n) is 3.42. The van der Waals surface area contributed by atoms with Crippen LogP contribution in [-0.2, 0) is 0 Å². The summed E-state index contributed by atoms with van der Waals surface area (Å²) in [7, 11) is 0. The van der Waals surface area contributed by atoms with Crippen molar-refractivity contribution in [1.29, 1.82) is 0 Å². The number of aromatic nitrogens is 4. The summed E-state index contributed by atoms with van der Waals surface area (Å²) in [5.74, 6) is 0.470. The molecule has 2 aromatic rings. The molecular weight excluding hydrogens is 218 g/mol. The van der Waals surface area contributed by atoms with Crippen molar-refractivity contribution in [3.8, 4) is 0 Å². The highest BCUT2D eigenvalue weighted by Gasteiger charge is 2.27. The molecular formula is C11H15N5O. The SMILES string of the molecule is Cc1nn(C2CCC(O)C2)c2ncnc(N)c12. The maximum Gasteiger partial charge on any atom is 0.163 e. The van der Waals surface area contributed by atoms with E-state index in [4.69, 9.17) is 5.73 Å². The van der Waals surface area contributed by atoms with Gasteiger partial charge < -0.3 is 10.8 Å². The molecule has 90 valence electrons. The van der Waals surface area contributed by atoms with Crippen molar-refractivity contribution in [2.45, 2.75) is 38.3 Å². The highest BCUT2D eigenvalue weighted by atomic mass is 16.3. The molecule has 3 rings (SSSR count). The van der Waals surface area contributed by atoms with Crippen molar-refractivity contribution in [3.63, 3.8) is 0 Å². The Kier molecular flexibility index (Phi) is 2.25. The fraction of sp³-hybridized carbons (Fsp3) is 0.545. The Labute approximate surface area is 98.5 Å². The van der Waals surface area contributed by atoms with Crippen LogP contribution in [0.2, 0.25) is 0 Å². The molecule has 1 saturated carbocycles. The van der Waals surface area contributed by atoms with Gasteiger partial charge in [0.05, 0.1) is 23.2 Å². The lowest BCUT2D eigenvalue weighted by Gasteiger charge is -2.10. The van der Waals surface area contributed by atoms with E-state index in [9.17, 15) is 5.11 Å². The summed E-state index contributed by atoms with van der Waals surface area (Å²) in [6.07, 6.45) is 3.73. The molecule has 6 nitrogen and oxygen atoms in total.